The zero-order valence-electron chi connectivity index (χ0n) is 18.7. The van der Waals surface area contributed by atoms with Gasteiger partial charge in [0.1, 0.15) is 5.75 Å². The Bertz CT molecular complexity index is 806. The van der Waals surface area contributed by atoms with Gasteiger partial charge in [-0.05, 0) is 50.0 Å². The van der Waals surface area contributed by atoms with Crippen LogP contribution in [0.5, 0.6) is 5.75 Å². The number of hydrogen-bond acceptors (Lipinski definition) is 4. The molecule has 2 heterocycles. The van der Waals surface area contributed by atoms with Crippen LogP contribution in [0.2, 0.25) is 0 Å². The fraction of sp³-hybridized carbons (Fsp3) is 0.545. The number of nitrogens with one attached hydrogen (secondary N) is 1. The van der Waals surface area contributed by atoms with Crippen LogP contribution in [0, 0.1) is 5.92 Å². The first-order valence-electron chi connectivity index (χ1n) is 10.2. The Hall–Kier alpha value is -1.81. The van der Waals surface area contributed by atoms with Gasteiger partial charge >= 0.3 is 0 Å². The van der Waals surface area contributed by atoms with E-state index < -0.39 is 0 Å². The zero-order valence-corrected chi connectivity index (χ0v) is 21.0. The van der Waals surface area contributed by atoms with Crippen molar-refractivity contribution >= 4 is 29.9 Å². The molecule has 2 atom stereocenters. The van der Waals surface area contributed by atoms with Gasteiger partial charge in [-0.2, -0.15) is 5.10 Å². The second-order valence-corrected chi connectivity index (χ2v) is 7.91. The van der Waals surface area contributed by atoms with Gasteiger partial charge in [0, 0.05) is 52.0 Å². The summed E-state index contributed by atoms with van der Waals surface area (Å²) >= 11 is 0. The van der Waals surface area contributed by atoms with Gasteiger partial charge in [-0.25, -0.2) is 0 Å². The van der Waals surface area contributed by atoms with E-state index in [2.05, 4.69) is 63.6 Å². The maximum atomic E-state index is 5.33. The topological polar surface area (TPSA) is 57.9 Å². The molecule has 3 rings (SSSR count). The lowest BCUT2D eigenvalue weighted by molar-refractivity contribution is 0.122. The molecule has 0 bridgehead atoms. The van der Waals surface area contributed by atoms with Crippen molar-refractivity contribution in [2.75, 3.05) is 41.3 Å². The molecule has 2 aromatic rings. The zero-order chi connectivity index (χ0) is 20.8. The fourth-order valence-electron chi connectivity index (χ4n) is 4.31. The second-order valence-electron chi connectivity index (χ2n) is 7.91. The van der Waals surface area contributed by atoms with Crippen LogP contribution in [-0.4, -0.2) is 66.9 Å². The highest BCUT2D eigenvalue weighted by atomic mass is 127. The summed E-state index contributed by atoms with van der Waals surface area (Å²) in [7, 11) is 9.79. The molecule has 1 fully saturated rings. The quantitative estimate of drug-likeness (QED) is 0.356. The first-order valence-corrected chi connectivity index (χ1v) is 10.2. The number of hydrogen-bond donors (Lipinski definition) is 1. The Morgan fingerprint density at radius 2 is 2.03 bits per heavy atom. The van der Waals surface area contributed by atoms with Crippen molar-refractivity contribution in [2.24, 2.45) is 18.0 Å². The predicted molar refractivity (Wildman–Crippen MR) is 133 cm³/mol. The number of guanidine groups is 1. The predicted octanol–water partition coefficient (Wildman–Crippen LogP) is 3.14. The van der Waals surface area contributed by atoms with E-state index in [1.807, 2.05) is 31.2 Å². The third-order valence-electron chi connectivity index (χ3n) is 5.74. The van der Waals surface area contributed by atoms with E-state index >= 15 is 0 Å². The van der Waals surface area contributed by atoms with Gasteiger partial charge in [0.15, 0.2) is 5.96 Å². The molecule has 1 aromatic carbocycles. The standard InChI is InChI=1S/C22H34N6O.HI/c1-23-22(27(3)15-17-13-25-28(4)16-17)24-14-19-7-6-12-26(2)21(19)18-8-10-20(29-5)11-9-18;/h8-11,13,16,19,21H,6-7,12,14-15H2,1-5H3,(H,23,24);1H. The van der Waals surface area contributed by atoms with E-state index in [1.165, 1.54) is 24.0 Å². The van der Waals surface area contributed by atoms with Gasteiger partial charge in [-0.3, -0.25) is 14.6 Å². The third-order valence-corrected chi connectivity index (χ3v) is 5.74. The Labute approximate surface area is 197 Å². The minimum atomic E-state index is 0. The lowest BCUT2D eigenvalue weighted by atomic mass is 9.85. The van der Waals surface area contributed by atoms with Crippen molar-refractivity contribution in [1.29, 1.82) is 0 Å². The minimum absolute atomic E-state index is 0. The first-order chi connectivity index (χ1) is 14.0. The second kappa shape index (κ2) is 11.5. The largest absolute Gasteiger partial charge is 0.497 e. The number of aryl methyl sites for hydroxylation is 1. The molecule has 166 valence electrons. The number of ether oxygens (including phenoxy) is 1. The highest BCUT2D eigenvalue weighted by Crippen LogP contribution is 2.35. The van der Waals surface area contributed by atoms with Crippen molar-refractivity contribution < 1.29 is 4.74 Å². The van der Waals surface area contributed by atoms with Gasteiger partial charge in [0.05, 0.1) is 13.3 Å². The smallest absolute Gasteiger partial charge is 0.193 e. The molecule has 7 nitrogen and oxygen atoms in total. The molecule has 1 aliphatic heterocycles. The molecule has 2 unspecified atom stereocenters. The van der Waals surface area contributed by atoms with Crippen LogP contribution in [0.25, 0.3) is 0 Å². The lowest BCUT2D eigenvalue weighted by Gasteiger charge is -2.40. The highest BCUT2D eigenvalue weighted by Gasteiger charge is 2.30. The number of aliphatic imine (C=N–C) groups is 1. The molecule has 0 saturated carbocycles. The maximum absolute atomic E-state index is 5.33. The van der Waals surface area contributed by atoms with Crippen LogP contribution in [0.1, 0.15) is 30.0 Å². The summed E-state index contributed by atoms with van der Waals surface area (Å²) in [5, 5.41) is 7.86. The number of likely N-dealkylation sites (tertiary alicyclic amines) is 1. The molecule has 8 heteroatoms. The molecule has 30 heavy (non-hydrogen) atoms. The first kappa shape index (κ1) is 24.5. The molecule has 1 aliphatic rings. The van der Waals surface area contributed by atoms with Crippen LogP contribution < -0.4 is 10.1 Å². The van der Waals surface area contributed by atoms with Crippen molar-refractivity contribution in [2.45, 2.75) is 25.4 Å². The number of nitrogens with zero attached hydrogens (tertiary/aromatic N) is 5. The van der Waals surface area contributed by atoms with E-state index in [4.69, 9.17) is 4.74 Å². The molecule has 0 spiro atoms. The van der Waals surface area contributed by atoms with Crippen LogP contribution >= 0.6 is 24.0 Å². The number of methoxy groups -OCH3 is 1. The number of benzene rings is 1. The molecule has 0 aliphatic carbocycles. The Morgan fingerprint density at radius 1 is 1.30 bits per heavy atom. The summed E-state index contributed by atoms with van der Waals surface area (Å²) in [5.74, 6) is 2.33. The number of halogens is 1. The van der Waals surface area contributed by atoms with Crippen molar-refractivity contribution in [3.63, 3.8) is 0 Å². The fourth-order valence-corrected chi connectivity index (χ4v) is 4.31. The van der Waals surface area contributed by atoms with Gasteiger partial charge in [0.25, 0.3) is 0 Å². The molecular weight excluding hydrogens is 491 g/mol. The van der Waals surface area contributed by atoms with Gasteiger partial charge in [0.2, 0.25) is 0 Å². The van der Waals surface area contributed by atoms with E-state index in [1.54, 1.807) is 7.11 Å². The lowest BCUT2D eigenvalue weighted by Crippen LogP contribution is -2.45. The normalized spacial score (nSPS) is 19.8. The molecule has 1 N–H and O–H groups in total. The van der Waals surface area contributed by atoms with Crippen LogP contribution in [0.3, 0.4) is 0 Å². The Balaban J connectivity index is 0.00000320. The van der Waals surface area contributed by atoms with Gasteiger partial charge in [-0.15, -0.1) is 24.0 Å². The summed E-state index contributed by atoms with van der Waals surface area (Å²) in [4.78, 5) is 9.11. The number of rotatable bonds is 6. The third kappa shape index (κ3) is 6.10. The minimum Gasteiger partial charge on any atom is -0.497 e. The molecule has 0 amide bonds. The Kier molecular flexibility index (Phi) is 9.41. The van der Waals surface area contributed by atoms with E-state index in [0.29, 0.717) is 12.0 Å². The van der Waals surface area contributed by atoms with Crippen LogP contribution in [0.15, 0.2) is 41.7 Å². The van der Waals surface area contributed by atoms with Crippen LogP contribution in [-0.2, 0) is 13.6 Å². The average Bonchev–Trinajstić information content (AvgIpc) is 3.13. The monoisotopic (exact) mass is 526 g/mol. The summed E-state index contributed by atoms with van der Waals surface area (Å²) < 4.78 is 7.16. The van der Waals surface area contributed by atoms with Crippen LogP contribution in [0.4, 0.5) is 0 Å². The number of aromatic nitrogens is 2. The molecule has 0 radical (unpaired) electrons. The van der Waals surface area contributed by atoms with Gasteiger partial charge < -0.3 is 15.0 Å². The van der Waals surface area contributed by atoms with Crippen molar-refractivity contribution in [3.8, 4) is 5.75 Å². The average molecular weight is 526 g/mol. The SMILES string of the molecule is CN=C(NCC1CCCN(C)C1c1ccc(OC)cc1)N(C)Cc1cnn(C)c1.I. The van der Waals surface area contributed by atoms with E-state index in [0.717, 1.165) is 31.3 Å². The summed E-state index contributed by atoms with van der Waals surface area (Å²) in [6.45, 7) is 2.80. The van der Waals surface area contributed by atoms with Gasteiger partial charge in [-0.1, -0.05) is 12.1 Å². The van der Waals surface area contributed by atoms with Crippen molar-refractivity contribution in [3.05, 3.63) is 47.8 Å². The summed E-state index contributed by atoms with van der Waals surface area (Å²) in [6.07, 6.45) is 6.37. The summed E-state index contributed by atoms with van der Waals surface area (Å²) in [6, 6.07) is 8.90. The maximum Gasteiger partial charge on any atom is 0.193 e. The summed E-state index contributed by atoms with van der Waals surface area (Å²) in [5.41, 5.74) is 2.52. The Morgan fingerprint density at radius 3 is 2.63 bits per heavy atom. The highest BCUT2D eigenvalue weighted by molar-refractivity contribution is 14.0. The molecule has 1 aromatic heterocycles. The molecular formula is C22H35IN6O. The number of piperidine rings is 1. The van der Waals surface area contributed by atoms with Crippen molar-refractivity contribution in [1.82, 2.24) is 24.9 Å². The van der Waals surface area contributed by atoms with E-state index in [9.17, 15) is 0 Å². The molecule has 1 saturated heterocycles. The van der Waals surface area contributed by atoms with E-state index in [-0.39, 0.29) is 24.0 Å².